The number of ether oxygens (including phenoxy) is 3. The Balaban J connectivity index is 1.70. The van der Waals surface area contributed by atoms with Crippen LogP contribution in [0.3, 0.4) is 0 Å². The number of hydrogen-bond donors (Lipinski definition) is 0. The summed E-state index contributed by atoms with van der Waals surface area (Å²) >= 11 is 1.14. The Morgan fingerprint density at radius 3 is 2.46 bits per heavy atom. The Labute approximate surface area is 163 Å². The molecule has 0 radical (unpaired) electrons. The number of non-ortho nitro benzene ring substituents is 1. The van der Waals surface area contributed by atoms with Gasteiger partial charge in [-0.05, 0) is 30.3 Å². The summed E-state index contributed by atoms with van der Waals surface area (Å²) in [5, 5.41) is 11.4. The number of Topliss-reactive ketones (excluding diaryl/α,β-unsaturated/α-hetero) is 1. The number of nitro groups is 1. The summed E-state index contributed by atoms with van der Waals surface area (Å²) in [5.74, 6) is -0.190. The van der Waals surface area contributed by atoms with E-state index in [0.29, 0.717) is 27.1 Å². The summed E-state index contributed by atoms with van der Waals surface area (Å²) in [6.45, 7) is -0.442. The largest absolute Gasteiger partial charge is 0.493 e. The van der Waals surface area contributed by atoms with Crippen molar-refractivity contribution in [3.8, 4) is 11.5 Å². The van der Waals surface area contributed by atoms with Gasteiger partial charge in [-0.3, -0.25) is 14.9 Å². The van der Waals surface area contributed by atoms with E-state index in [1.807, 2.05) is 0 Å². The zero-order valence-electron chi connectivity index (χ0n) is 15.0. The fourth-order valence-corrected chi connectivity index (χ4v) is 3.48. The van der Waals surface area contributed by atoms with Crippen LogP contribution in [-0.2, 0) is 4.74 Å². The third-order valence-corrected chi connectivity index (χ3v) is 5.05. The second kappa shape index (κ2) is 8.05. The number of rotatable bonds is 7. The number of nitrogens with zero attached hydrogens (tertiary/aromatic N) is 1. The van der Waals surface area contributed by atoms with Crippen molar-refractivity contribution in [1.82, 2.24) is 0 Å². The lowest BCUT2D eigenvalue weighted by atomic mass is 10.1. The van der Waals surface area contributed by atoms with E-state index in [0.717, 1.165) is 11.3 Å². The lowest BCUT2D eigenvalue weighted by Crippen LogP contribution is -2.13. The van der Waals surface area contributed by atoms with Crippen LogP contribution in [0.4, 0.5) is 5.69 Å². The van der Waals surface area contributed by atoms with Gasteiger partial charge in [-0.2, -0.15) is 0 Å². The first kappa shape index (κ1) is 19.3. The fraction of sp³-hybridized carbons (Fsp3) is 0.158. The minimum absolute atomic E-state index is 0.0613. The average Bonchev–Trinajstić information content (AvgIpc) is 3.14. The summed E-state index contributed by atoms with van der Waals surface area (Å²) < 4.78 is 16.1. The summed E-state index contributed by atoms with van der Waals surface area (Å²) in [6, 6.07) is 10.5. The predicted octanol–water partition coefficient (Wildman–Crippen LogP) is 3.87. The molecule has 1 aromatic heterocycles. The number of carbonyl (C=O) groups is 2. The van der Waals surface area contributed by atoms with Crippen molar-refractivity contribution in [2.24, 2.45) is 0 Å². The van der Waals surface area contributed by atoms with Crippen molar-refractivity contribution < 1.29 is 28.7 Å². The van der Waals surface area contributed by atoms with Gasteiger partial charge >= 0.3 is 5.97 Å². The summed E-state index contributed by atoms with van der Waals surface area (Å²) in [7, 11) is 2.94. The predicted molar refractivity (Wildman–Crippen MR) is 103 cm³/mol. The molecule has 9 heteroatoms. The first-order valence-corrected chi connectivity index (χ1v) is 8.85. The van der Waals surface area contributed by atoms with Crippen LogP contribution in [0.1, 0.15) is 20.0 Å². The number of benzene rings is 2. The van der Waals surface area contributed by atoms with Gasteiger partial charge in [-0.15, -0.1) is 11.3 Å². The average molecular weight is 401 g/mol. The lowest BCUT2D eigenvalue weighted by Gasteiger charge is -2.09. The minimum Gasteiger partial charge on any atom is -0.493 e. The van der Waals surface area contributed by atoms with Crippen molar-refractivity contribution in [1.29, 1.82) is 0 Å². The number of nitro benzene ring substituents is 1. The molecule has 0 bridgehead atoms. The normalized spacial score (nSPS) is 10.5. The summed E-state index contributed by atoms with van der Waals surface area (Å²) in [5.41, 5.74) is 0.256. The van der Waals surface area contributed by atoms with Crippen LogP contribution in [0.2, 0.25) is 0 Å². The van der Waals surface area contributed by atoms with Crippen molar-refractivity contribution in [3.63, 3.8) is 0 Å². The highest BCUT2D eigenvalue weighted by molar-refractivity contribution is 7.20. The second-order valence-electron chi connectivity index (χ2n) is 5.66. The molecule has 0 unspecified atom stereocenters. The van der Waals surface area contributed by atoms with Crippen LogP contribution < -0.4 is 9.47 Å². The molecular weight excluding hydrogens is 386 g/mol. The van der Waals surface area contributed by atoms with E-state index in [2.05, 4.69) is 0 Å². The number of fused-ring (bicyclic) bond motifs is 1. The number of hydrogen-bond acceptors (Lipinski definition) is 8. The molecule has 28 heavy (non-hydrogen) atoms. The Bertz CT molecular complexity index is 1070. The quantitative estimate of drug-likeness (QED) is 0.256. The molecule has 0 fully saturated rings. The van der Waals surface area contributed by atoms with Crippen LogP contribution in [0.25, 0.3) is 10.1 Å². The molecule has 3 rings (SSSR count). The topological polar surface area (TPSA) is 105 Å². The van der Waals surface area contributed by atoms with Gasteiger partial charge < -0.3 is 14.2 Å². The van der Waals surface area contributed by atoms with Gasteiger partial charge in [0.05, 0.1) is 19.1 Å². The first-order valence-electron chi connectivity index (χ1n) is 8.03. The number of methoxy groups -OCH3 is 2. The molecule has 0 atom stereocenters. The zero-order valence-corrected chi connectivity index (χ0v) is 15.8. The molecule has 0 amide bonds. The number of ketones is 1. The van der Waals surface area contributed by atoms with E-state index in [4.69, 9.17) is 14.2 Å². The van der Waals surface area contributed by atoms with Crippen LogP contribution in [-0.4, -0.2) is 37.5 Å². The molecule has 8 nitrogen and oxygen atoms in total. The number of carbonyl (C=O) groups excluding carboxylic acids is 2. The molecule has 0 saturated heterocycles. The summed E-state index contributed by atoms with van der Waals surface area (Å²) in [6.07, 6.45) is 0. The minimum atomic E-state index is -0.669. The highest BCUT2D eigenvalue weighted by Crippen LogP contribution is 2.30. The Morgan fingerprint density at radius 2 is 1.79 bits per heavy atom. The summed E-state index contributed by atoms with van der Waals surface area (Å²) in [4.78, 5) is 35.1. The Morgan fingerprint density at radius 1 is 1.04 bits per heavy atom. The van der Waals surface area contributed by atoms with Crippen LogP contribution >= 0.6 is 11.3 Å². The monoisotopic (exact) mass is 401 g/mol. The van der Waals surface area contributed by atoms with Gasteiger partial charge in [0.15, 0.2) is 23.9 Å². The maximum atomic E-state index is 12.3. The zero-order chi connectivity index (χ0) is 20.3. The van der Waals surface area contributed by atoms with Crippen molar-refractivity contribution in [2.45, 2.75) is 0 Å². The van der Waals surface area contributed by atoms with Crippen molar-refractivity contribution in [3.05, 3.63) is 63.0 Å². The highest BCUT2D eigenvalue weighted by Gasteiger charge is 2.17. The molecule has 2 aromatic carbocycles. The third kappa shape index (κ3) is 3.94. The smallest absolute Gasteiger partial charge is 0.348 e. The molecular formula is C19H15NO7S. The second-order valence-corrected chi connectivity index (χ2v) is 6.74. The molecule has 144 valence electrons. The first-order chi connectivity index (χ1) is 13.4. The molecule has 0 spiro atoms. The molecule has 0 saturated carbocycles. The molecule has 3 aromatic rings. The van der Waals surface area contributed by atoms with Crippen LogP contribution in [0.15, 0.2) is 42.5 Å². The van der Waals surface area contributed by atoms with Crippen molar-refractivity contribution in [2.75, 3.05) is 20.8 Å². The fourth-order valence-electron chi connectivity index (χ4n) is 2.54. The maximum Gasteiger partial charge on any atom is 0.348 e. The SMILES string of the molecule is COc1ccc(C(=O)COC(=O)c2cc3cc([N+](=O)[O-])ccc3s2)cc1OC. The van der Waals surface area contributed by atoms with Crippen LogP contribution in [0, 0.1) is 10.1 Å². The maximum absolute atomic E-state index is 12.3. The molecule has 0 aliphatic rings. The Kier molecular flexibility index (Phi) is 5.55. The molecule has 0 aliphatic carbocycles. The lowest BCUT2D eigenvalue weighted by molar-refractivity contribution is -0.384. The van der Waals surface area contributed by atoms with Gasteiger partial charge in [-0.25, -0.2) is 4.79 Å². The molecule has 0 aliphatic heterocycles. The molecule has 1 heterocycles. The van der Waals surface area contributed by atoms with Gasteiger partial charge in [-0.1, -0.05) is 0 Å². The third-order valence-electron chi connectivity index (χ3n) is 3.95. The van der Waals surface area contributed by atoms with Gasteiger partial charge in [0.2, 0.25) is 0 Å². The Hall–Kier alpha value is -3.46. The van der Waals surface area contributed by atoms with Gasteiger partial charge in [0, 0.05) is 27.8 Å². The number of esters is 1. The van der Waals surface area contributed by atoms with E-state index in [9.17, 15) is 19.7 Å². The molecule has 0 N–H and O–H groups in total. The van der Waals surface area contributed by atoms with Crippen molar-refractivity contribution >= 4 is 38.9 Å². The van der Waals surface area contributed by atoms with E-state index >= 15 is 0 Å². The van der Waals surface area contributed by atoms with E-state index in [-0.39, 0.29) is 10.6 Å². The van der Waals surface area contributed by atoms with Crippen LogP contribution in [0.5, 0.6) is 11.5 Å². The van der Waals surface area contributed by atoms with E-state index in [1.165, 1.54) is 38.5 Å². The van der Waals surface area contributed by atoms with E-state index < -0.39 is 23.3 Å². The van der Waals surface area contributed by atoms with E-state index in [1.54, 1.807) is 18.2 Å². The van der Waals surface area contributed by atoms with Gasteiger partial charge in [0.1, 0.15) is 4.88 Å². The number of thiophene rings is 1. The standard InChI is InChI=1S/C19H15NO7S/c1-25-15-5-3-11(8-16(15)26-2)14(21)10-27-19(22)18-9-12-7-13(20(23)24)4-6-17(12)28-18/h3-9H,10H2,1-2H3. The van der Waals surface area contributed by atoms with Gasteiger partial charge in [0.25, 0.3) is 5.69 Å². The highest BCUT2D eigenvalue weighted by atomic mass is 32.1.